The lowest BCUT2D eigenvalue weighted by Crippen LogP contribution is -2.45. The second kappa shape index (κ2) is 12.2. The third-order valence-electron chi connectivity index (χ3n) is 6.22. The fraction of sp³-hybridized carbons (Fsp3) is 0.385. The van der Waals surface area contributed by atoms with Crippen molar-refractivity contribution in [2.75, 3.05) is 38.8 Å². The van der Waals surface area contributed by atoms with Gasteiger partial charge in [-0.2, -0.15) is 5.10 Å². The summed E-state index contributed by atoms with van der Waals surface area (Å²) in [6, 6.07) is 7.37. The monoisotopic (exact) mass is 525 g/mol. The third kappa shape index (κ3) is 6.25. The highest BCUT2D eigenvalue weighted by Gasteiger charge is 2.32. The Hall–Kier alpha value is -4.48. The van der Waals surface area contributed by atoms with Crippen LogP contribution in [0.4, 0.5) is 10.7 Å². The lowest BCUT2D eigenvalue weighted by molar-refractivity contribution is -0.136. The molecule has 3 amide bonds. The molecule has 3 N–H and O–H groups in total. The van der Waals surface area contributed by atoms with Crippen LogP contribution in [0.5, 0.6) is 11.5 Å². The molecule has 2 aliphatic heterocycles. The molecular weight excluding hydrogens is 494 g/mol. The standard InChI is InChI=1S/C26H31N5O7/c1-16-23(25(33)36-3)24(29-26(34)28-16)17-7-9-19(20(13-17)35-2)37-15-21(32)30-27-14-18-8-10-22(38-18)31-11-5-4-6-12-31/h7-10,13-14,24H,4-6,11-12,15H2,1-3H3,(H,30,32)(H2,28,29,34)/b27-14-/t24-/m0/s1. The number of amides is 3. The van der Waals surface area contributed by atoms with Gasteiger partial charge in [0.05, 0.1) is 32.0 Å². The SMILES string of the molecule is COC(=O)C1=C(C)NC(=O)N[C@H]1c1ccc(OCC(=O)N/N=C\c2ccc(N3CCCCC3)o2)c(OC)c1. The van der Waals surface area contributed by atoms with E-state index in [4.69, 9.17) is 18.6 Å². The lowest BCUT2D eigenvalue weighted by Gasteiger charge is -2.28. The Labute approximate surface area is 220 Å². The van der Waals surface area contributed by atoms with E-state index in [0.29, 0.717) is 28.5 Å². The molecule has 12 heteroatoms. The molecule has 2 aliphatic rings. The van der Waals surface area contributed by atoms with E-state index in [1.54, 1.807) is 31.2 Å². The highest BCUT2D eigenvalue weighted by atomic mass is 16.5. The van der Waals surface area contributed by atoms with Crippen LogP contribution in [0, 0.1) is 0 Å². The number of nitrogens with zero attached hydrogens (tertiary/aromatic N) is 2. The molecule has 4 rings (SSSR count). The quantitative estimate of drug-likeness (QED) is 0.258. The number of carbonyl (C=O) groups is 3. The van der Waals surface area contributed by atoms with E-state index in [1.807, 2.05) is 6.07 Å². The van der Waals surface area contributed by atoms with Gasteiger partial charge in [-0.15, -0.1) is 0 Å². The summed E-state index contributed by atoms with van der Waals surface area (Å²) < 4.78 is 21.7. The lowest BCUT2D eigenvalue weighted by atomic mass is 9.95. The van der Waals surface area contributed by atoms with Crippen molar-refractivity contribution in [2.24, 2.45) is 5.10 Å². The first kappa shape index (κ1) is 26.6. The minimum absolute atomic E-state index is 0.264. The zero-order valence-corrected chi connectivity index (χ0v) is 21.5. The van der Waals surface area contributed by atoms with Gasteiger partial charge in [0.1, 0.15) is 5.76 Å². The summed E-state index contributed by atoms with van der Waals surface area (Å²) in [5.41, 5.74) is 3.63. The maximum Gasteiger partial charge on any atom is 0.337 e. The van der Waals surface area contributed by atoms with E-state index in [-0.39, 0.29) is 12.2 Å². The molecule has 202 valence electrons. The number of benzene rings is 1. The summed E-state index contributed by atoms with van der Waals surface area (Å²) in [6.07, 6.45) is 4.96. The molecule has 0 spiro atoms. The Kier molecular flexibility index (Phi) is 8.51. The second-order valence-electron chi connectivity index (χ2n) is 8.78. The summed E-state index contributed by atoms with van der Waals surface area (Å²) in [5, 5.41) is 9.21. The molecule has 0 bridgehead atoms. The Morgan fingerprint density at radius 3 is 2.68 bits per heavy atom. The number of esters is 1. The van der Waals surface area contributed by atoms with E-state index in [0.717, 1.165) is 31.8 Å². The molecule has 1 aromatic heterocycles. The normalized spacial score (nSPS) is 17.6. The first-order valence-corrected chi connectivity index (χ1v) is 12.2. The predicted octanol–water partition coefficient (Wildman–Crippen LogP) is 2.61. The molecule has 38 heavy (non-hydrogen) atoms. The topological polar surface area (TPSA) is 144 Å². The van der Waals surface area contributed by atoms with E-state index >= 15 is 0 Å². The Balaban J connectivity index is 1.35. The van der Waals surface area contributed by atoms with Gasteiger partial charge in [-0.05, 0) is 49.9 Å². The smallest absolute Gasteiger partial charge is 0.337 e. The summed E-state index contributed by atoms with van der Waals surface area (Å²) >= 11 is 0. The van der Waals surface area contributed by atoms with Gasteiger partial charge in [0.25, 0.3) is 5.91 Å². The van der Waals surface area contributed by atoms with Crippen molar-refractivity contribution in [1.82, 2.24) is 16.1 Å². The molecule has 3 heterocycles. The molecule has 0 aliphatic carbocycles. The van der Waals surface area contributed by atoms with Crippen molar-refractivity contribution in [1.29, 1.82) is 0 Å². The number of allylic oxidation sites excluding steroid dienone is 1. The summed E-state index contributed by atoms with van der Waals surface area (Å²) in [7, 11) is 2.71. The van der Waals surface area contributed by atoms with Gasteiger partial charge in [0.2, 0.25) is 0 Å². The fourth-order valence-electron chi connectivity index (χ4n) is 4.35. The number of hydrogen-bond acceptors (Lipinski definition) is 9. The van der Waals surface area contributed by atoms with Crippen molar-refractivity contribution in [3.8, 4) is 11.5 Å². The van der Waals surface area contributed by atoms with Crippen molar-refractivity contribution < 1.29 is 33.0 Å². The van der Waals surface area contributed by atoms with Crippen LogP contribution in [0.1, 0.15) is 43.6 Å². The van der Waals surface area contributed by atoms with Gasteiger partial charge in [0, 0.05) is 24.9 Å². The molecule has 2 aromatic rings. The van der Waals surface area contributed by atoms with Crippen LogP contribution >= 0.6 is 0 Å². The second-order valence-corrected chi connectivity index (χ2v) is 8.78. The number of anilines is 1. The van der Waals surface area contributed by atoms with Gasteiger partial charge in [0.15, 0.2) is 24.0 Å². The first-order chi connectivity index (χ1) is 18.4. The molecule has 0 saturated carbocycles. The Morgan fingerprint density at radius 1 is 1.16 bits per heavy atom. The summed E-state index contributed by atoms with van der Waals surface area (Å²) in [4.78, 5) is 38.8. The molecule has 0 unspecified atom stereocenters. The number of urea groups is 1. The maximum absolute atomic E-state index is 12.3. The van der Waals surface area contributed by atoms with Crippen LogP contribution in [0.2, 0.25) is 0 Å². The number of hydrazone groups is 1. The molecule has 1 fully saturated rings. The van der Waals surface area contributed by atoms with Crippen LogP contribution in [-0.4, -0.2) is 58.0 Å². The van der Waals surface area contributed by atoms with E-state index in [2.05, 4.69) is 26.1 Å². The average Bonchev–Trinajstić information content (AvgIpc) is 3.40. The van der Waals surface area contributed by atoms with Gasteiger partial charge in [-0.25, -0.2) is 15.0 Å². The van der Waals surface area contributed by atoms with Gasteiger partial charge >= 0.3 is 12.0 Å². The highest BCUT2D eigenvalue weighted by molar-refractivity contribution is 5.95. The van der Waals surface area contributed by atoms with Gasteiger partial charge in [-0.1, -0.05) is 6.07 Å². The molecular formula is C26H31N5O7. The number of carbonyl (C=O) groups excluding carboxylic acids is 3. The molecule has 1 saturated heterocycles. The number of methoxy groups -OCH3 is 2. The highest BCUT2D eigenvalue weighted by Crippen LogP contribution is 2.34. The van der Waals surface area contributed by atoms with Crippen molar-refractivity contribution in [3.63, 3.8) is 0 Å². The van der Waals surface area contributed by atoms with Crippen LogP contribution < -0.4 is 30.4 Å². The van der Waals surface area contributed by atoms with Crippen molar-refractivity contribution in [3.05, 3.63) is 52.9 Å². The largest absolute Gasteiger partial charge is 0.493 e. The maximum atomic E-state index is 12.3. The average molecular weight is 526 g/mol. The van der Waals surface area contributed by atoms with Crippen molar-refractivity contribution >= 4 is 30.0 Å². The Morgan fingerprint density at radius 2 is 1.95 bits per heavy atom. The minimum atomic E-state index is -0.756. The number of furan rings is 1. The number of ether oxygens (including phenoxy) is 3. The fourth-order valence-corrected chi connectivity index (χ4v) is 4.35. The first-order valence-electron chi connectivity index (χ1n) is 12.2. The molecule has 0 radical (unpaired) electrons. The predicted molar refractivity (Wildman–Crippen MR) is 138 cm³/mol. The van der Waals surface area contributed by atoms with E-state index < -0.39 is 23.9 Å². The zero-order chi connectivity index (χ0) is 27.1. The number of nitrogens with one attached hydrogen (secondary N) is 3. The number of piperidine rings is 1. The van der Waals surface area contributed by atoms with Gasteiger partial charge < -0.3 is 34.2 Å². The number of hydrogen-bond donors (Lipinski definition) is 3. The van der Waals surface area contributed by atoms with Gasteiger partial charge in [-0.3, -0.25) is 4.79 Å². The molecule has 1 atom stereocenters. The zero-order valence-electron chi connectivity index (χ0n) is 21.5. The van der Waals surface area contributed by atoms with E-state index in [1.165, 1.54) is 26.9 Å². The van der Waals surface area contributed by atoms with Crippen molar-refractivity contribution in [2.45, 2.75) is 32.2 Å². The third-order valence-corrected chi connectivity index (χ3v) is 6.22. The Bertz CT molecular complexity index is 1250. The summed E-state index contributed by atoms with van der Waals surface area (Å²) in [5.74, 6) is 0.887. The molecule has 1 aromatic carbocycles. The molecule has 12 nitrogen and oxygen atoms in total. The summed E-state index contributed by atoms with van der Waals surface area (Å²) in [6.45, 7) is 3.24. The number of rotatable bonds is 9. The van der Waals surface area contributed by atoms with Crippen LogP contribution in [0.25, 0.3) is 0 Å². The van der Waals surface area contributed by atoms with Crippen LogP contribution in [0.15, 0.2) is 51.1 Å². The van der Waals surface area contributed by atoms with Crippen LogP contribution in [-0.2, 0) is 14.3 Å². The van der Waals surface area contributed by atoms with Crippen LogP contribution in [0.3, 0.4) is 0 Å². The minimum Gasteiger partial charge on any atom is -0.493 e. The van der Waals surface area contributed by atoms with E-state index in [9.17, 15) is 14.4 Å².